The van der Waals surface area contributed by atoms with Gasteiger partial charge < -0.3 is 10.5 Å². The van der Waals surface area contributed by atoms with Crippen LogP contribution < -0.4 is 0 Å². The summed E-state index contributed by atoms with van der Waals surface area (Å²) >= 11 is 0. The van der Waals surface area contributed by atoms with Crippen LogP contribution in [0.15, 0.2) is 11.6 Å². The molecule has 0 heterocycles. The van der Waals surface area contributed by atoms with Crippen LogP contribution in [0.25, 0.3) is 0 Å². The van der Waals surface area contributed by atoms with Crippen LogP contribution in [-0.4, -0.2) is 17.4 Å². The third-order valence-corrected chi connectivity index (χ3v) is 9.05. The van der Waals surface area contributed by atoms with E-state index in [0.29, 0.717) is 23.4 Å². The van der Waals surface area contributed by atoms with Crippen LogP contribution in [0.3, 0.4) is 0 Å². The summed E-state index contributed by atoms with van der Waals surface area (Å²) in [5.74, 6) is 3.77. The third kappa shape index (κ3) is 2.21. The zero-order valence-corrected chi connectivity index (χ0v) is 15.8. The molecule has 0 spiro atoms. The molecule has 3 saturated carbocycles. The first kappa shape index (κ1) is 16.8. The van der Waals surface area contributed by atoms with Crippen molar-refractivity contribution < 1.29 is 5.11 Å². The van der Waals surface area contributed by atoms with E-state index in [0.717, 1.165) is 35.8 Å². The number of aliphatic hydroxyl groups is 1. The number of nitrogens with one attached hydrogen (secondary N) is 1. The minimum atomic E-state index is 0.355. The SMILES string of the molecule is CC(CO)[C@H]1CCC2C3CCC4=CC(=N)CC[C@]4(C)C3CC[C@@]21C. The van der Waals surface area contributed by atoms with Crippen LogP contribution in [0, 0.1) is 45.8 Å². The number of hydrogen-bond acceptors (Lipinski definition) is 2. The van der Waals surface area contributed by atoms with Gasteiger partial charge in [0.15, 0.2) is 0 Å². The highest BCUT2D eigenvalue weighted by Crippen LogP contribution is 2.67. The van der Waals surface area contributed by atoms with Crippen molar-refractivity contribution in [1.82, 2.24) is 0 Å². The Bertz CT molecular complexity index is 566. The quantitative estimate of drug-likeness (QED) is 0.717. The van der Waals surface area contributed by atoms with Gasteiger partial charge in [-0.2, -0.15) is 0 Å². The Labute approximate surface area is 147 Å². The van der Waals surface area contributed by atoms with Crippen LogP contribution in [0.4, 0.5) is 0 Å². The molecular formula is C22H35NO. The highest BCUT2D eigenvalue weighted by Gasteiger charge is 2.59. The highest BCUT2D eigenvalue weighted by atomic mass is 16.3. The number of rotatable bonds is 2. The molecule has 4 unspecified atom stereocenters. The van der Waals surface area contributed by atoms with Crippen molar-refractivity contribution in [3.63, 3.8) is 0 Å². The van der Waals surface area contributed by atoms with Gasteiger partial charge in [0, 0.05) is 12.3 Å². The number of fused-ring (bicyclic) bond motifs is 5. The Balaban J connectivity index is 1.63. The van der Waals surface area contributed by atoms with E-state index in [9.17, 15) is 5.11 Å². The van der Waals surface area contributed by atoms with E-state index in [1.807, 2.05) is 0 Å². The molecule has 0 saturated heterocycles. The molecular weight excluding hydrogens is 294 g/mol. The van der Waals surface area contributed by atoms with Crippen molar-refractivity contribution >= 4 is 5.71 Å². The molecule has 0 radical (unpaired) electrons. The van der Waals surface area contributed by atoms with Gasteiger partial charge in [-0.05, 0) is 97.9 Å². The number of hydrogen-bond donors (Lipinski definition) is 2. The molecule has 2 heteroatoms. The zero-order valence-electron chi connectivity index (χ0n) is 15.8. The summed E-state index contributed by atoms with van der Waals surface area (Å²) in [6.07, 6.45) is 12.4. The van der Waals surface area contributed by atoms with Gasteiger partial charge in [-0.1, -0.05) is 26.3 Å². The number of allylic oxidation sites excluding steroid dienone is 2. The maximum Gasteiger partial charge on any atom is 0.0459 e. The van der Waals surface area contributed by atoms with Gasteiger partial charge in [0.25, 0.3) is 0 Å². The first-order valence-electron chi connectivity index (χ1n) is 10.3. The molecule has 0 bridgehead atoms. The van der Waals surface area contributed by atoms with E-state index in [1.54, 1.807) is 5.57 Å². The second-order valence-corrected chi connectivity index (χ2v) is 9.92. The molecule has 0 aromatic heterocycles. The van der Waals surface area contributed by atoms with Crippen molar-refractivity contribution in [3.8, 4) is 0 Å². The fourth-order valence-corrected chi connectivity index (χ4v) is 7.69. The second-order valence-electron chi connectivity index (χ2n) is 9.92. The van der Waals surface area contributed by atoms with Crippen LogP contribution >= 0.6 is 0 Å². The Morgan fingerprint density at radius 1 is 1.12 bits per heavy atom. The molecule has 7 atom stereocenters. The minimum absolute atomic E-state index is 0.355. The molecule has 0 aromatic carbocycles. The lowest BCUT2D eigenvalue weighted by atomic mass is 9.46. The normalized spacial score (nSPS) is 49.0. The number of aliphatic hydroxyl groups excluding tert-OH is 1. The van der Waals surface area contributed by atoms with Crippen molar-refractivity contribution in [2.45, 2.75) is 72.1 Å². The van der Waals surface area contributed by atoms with Gasteiger partial charge in [-0.15, -0.1) is 0 Å². The molecule has 24 heavy (non-hydrogen) atoms. The second kappa shape index (κ2) is 5.69. The van der Waals surface area contributed by atoms with Crippen molar-refractivity contribution in [2.75, 3.05) is 6.61 Å². The Kier molecular flexibility index (Phi) is 3.99. The summed E-state index contributed by atoms with van der Waals surface area (Å²) < 4.78 is 0. The standard InChI is InChI=1S/C22H35NO/c1-14(13-24)18-6-7-19-17-5-4-15-12-16(23)8-10-21(15,2)20(17)9-11-22(18,19)3/h12,14,17-20,23-24H,4-11,13H2,1-3H3/t14?,17?,18-,19?,20?,21+,22-/m1/s1. The van der Waals surface area contributed by atoms with Gasteiger partial charge in [0.1, 0.15) is 0 Å². The van der Waals surface area contributed by atoms with Crippen LogP contribution in [0.2, 0.25) is 0 Å². The monoisotopic (exact) mass is 329 g/mol. The maximum atomic E-state index is 9.73. The van der Waals surface area contributed by atoms with E-state index in [4.69, 9.17) is 5.41 Å². The molecule has 0 aliphatic heterocycles. The first-order chi connectivity index (χ1) is 11.4. The molecule has 134 valence electrons. The summed E-state index contributed by atoms with van der Waals surface area (Å²) in [6, 6.07) is 0. The maximum absolute atomic E-state index is 9.73. The van der Waals surface area contributed by atoms with E-state index in [-0.39, 0.29) is 0 Å². The summed E-state index contributed by atoms with van der Waals surface area (Å²) in [4.78, 5) is 0. The molecule has 0 amide bonds. The highest BCUT2D eigenvalue weighted by molar-refractivity contribution is 5.94. The molecule has 4 rings (SSSR count). The van der Waals surface area contributed by atoms with E-state index < -0.39 is 0 Å². The van der Waals surface area contributed by atoms with E-state index in [1.165, 1.54) is 44.9 Å². The van der Waals surface area contributed by atoms with Crippen LogP contribution in [-0.2, 0) is 0 Å². The summed E-state index contributed by atoms with van der Waals surface area (Å²) in [7, 11) is 0. The zero-order chi connectivity index (χ0) is 17.1. The van der Waals surface area contributed by atoms with Crippen molar-refractivity contribution in [2.24, 2.45) is 40.4 Å². The largest absolute Gasteiger partial charge is 0.396 e. The average molecular weight is 330 g/mol. The molecule has 2 nitrogen and oxygen atoms in total. The van der Waals surface area contributed by atoms with Crippen LogP contribution in [0.5, 0.6) is 0 Å². The lowest BCUT2D eigenvalue weighted by Gasteiger charge is -2.58. The predicted molar refractivity (Wildman–Crippen MR) is 99.2 cm³/mol. The average Bonchev–Trinajstić information content (AvgIpc) is 2.92. The predicted octanol–water partition coefficient (Wildman–Crippen LogP) is 5.21. The lowest BCUT2D eigenvalue weighted by molar-refractivity contribution is -0.0601. The van der Waals surface area contributed by atoms with Gasteiger partial charge in [-0.3, -0.25) is 0 Å². The summed E-state index contributed by atoms with van der Waals surface area (Å²) in [5, 5.41) is 17.8. The fraction of sp³-hybridized carbons (Fsp3) is 0.864. The van der Waals surface area contributed by atoms with E-state index in [2.05, 4.69) is 26.8 Å². The van der Waals surface area contributed by atoms with Gasteiger partial charge in [0.2, 0.25) is 0 Å². The molecule has 4 aliphatic carbocycles. The Hall–Kier alpha value is -0.630. The molecule has 4 aliphatic rings. The van der Waals surface area contributed by atoms with Crippen LogP contribution in [0.1, 0.15) is 72.1 Å². The molecule has 3 fully saturated rings. The van der Waals surface area contributed by atoms with E-state index >= 15 is 0 Å². The smallest absolute Gasteiger partial charge is 0.0459 e. The third-order valence-electron chi connectivity index (χ3n) is 9.05. The summed E-state index contributed by atoms with van der Waals surface area (Å²) in [5.41, 5.74) is 3.29. The molecule has 2 N–H and O–H groups in total. The van der Waals surface area contributed by atoms with Gasteiger partial charge in [0.05, 0.1) is 0 Å². The van der Waals surface area contributed by atoms with Crippen molar-refractivity contribution in [1.29, 1.82) is 5.41 Å². The molecule has 0 aromatic rings. The Morgan fingerprint density at radius 2 is 1.92 bits per heavy atom. The van der Waals surface area contributed by atoms with Crippen molar-refractivity contribution in [3.05, 3.63) is 11.6 Å². The lowest BCUT2D eigenvalue weighted by Crippen LogP contribution is -2.51. The first-order valence-corrected chi connectivity index (χ1v) is 10.3. The van der Waals surface area contributed by atoms with Gasteiger partial charge >= 0.3 is 0 Å². The fourth-order valence-electron chi connectivity index (χ4n) is 7.69. The topological polar surface area (TPSA) is 44.1 Å². The Morgan fingerprint density at radius 3 is 2.67 bits per heavy atom. The minimum Gasteiger partial charge on any atom is -0.396 e. The summed E-state index contributed by atoms with van der Waals surface area (Å²) in [6.45, 7) is 7.70. The van der Waals surface area contributed by atoms with Gasteiger partial charge in [-0.25, -0.2) is 0 Å².